The third kappa shape index (κ3) is 3.01. The van der Waals surface area contributed by atoms with Crippen molar-refractivity contribution in [1.29, 1.82) is 0 Å². The Balaban J connectivity index is 1.27. The van der Waals surface area contributed by atoms with Crippen LogP contribution in [0.3, 0.4) is 0 Å². The number of amides is 3. The molecular formula is C23H20N2O4. The van der Waals surface area contributed by atoms with Gasteiger partial charge in [-0.25, -0.2) is 0 Å². The summed E-state index contributed by atoms with van der Waals surface area (Å²) in [5, 5.41) is 4.78. The van der Waals surface area contributed by atoms with Gasteiger partial charge in [-0.15, -0.1) is 0 Å². The Labute approximate surface area is 167 Å². The summed E-state index contributed by atoms with van der Waals surface area (Å²) in [7, 11) is 0. The topological polar surface area (TPSA) is 79.6 Å². The first-order valence-corrected chi connectivity index (χ1v) is 9.83. The molecule has 1 fully saturated rings. The van der Waals surface area contributed by atoms with Gasteiger partial charge in [0, 0.05) is 29.4 Å². The zero-order valence-corrected chi connectivity index (χ0v) is 15.8. The molecule has 6 heteroatoms. The largest absolute Gasteiger partial charge is 0.456 e. The minimum atomic E-state index is -0.257. The van der Waals surface area contributed by atoms with E-state index in [1.807, 2.05) is 48.6 Å². The summed E-state index contributed by atoms with van der Waals surface area (Å²) in [5.74, 6) is -1.04. The second-order valence-electron chi connectivity index (χ2n) is 7.59. The van der Waals surface area contributed by atoms with E-state index in [1.165, 1.54) is 4.90 Å². The second-order valence-corrected chi connectivity index (χ2v) is 7.59. The Morgan fingerprint density at radius 2 is 1.66 bits per heavy atom. The molecule has 1 N–H and O–H groups in total. The standard InChI is InChI=1S/C23H20N2O4/c26-21(11-12-25-22(27)16-6-1-2-7-17(16)23(25)28)24-14-9-10-20-18(13-14)15-5-3-4-8-19(15)29-20/h1-5,8-10,13,16-17H,6-7,11-12H2,(H,24,26). The summed E-state index contributed by atoms with van der Waals surface area (Å²) in [6.45, 7) is 0.118. The lowest BCUT2D eigenvalue weighted by molar-refractivity contribution is -0.140. The van der Waals surface area contributed by atoms with Crippen molar-refractivity contribution in [2.24, 2.45) is 11.8 Å². The maximum Gasteiger partial charge on any atom is 0.233 e. The molecule has 2 atom stereocenters. The van der Waals surface area contributed by atoms with Gasteiger partial charge in [0.1, 0.15) is 11.2 Å². The number of likely N-dealkylation sites (tertiary alicyclic amines) is 1. The van der Waals surface area contributed by atoms with E-state index in [9.17, 15) is 14.4 Å². The minimum absolute atomic E-state index is 0.0779. The molecule has 1 aliphatic carbocycles. The Morgan fingerprint density at radius 1 is 0.966 bits per heavy atom. The average molecular weight is 388 g/mol. The molecule has 0 spiro atoms. The number of carbonyl (C=O) groups is 3. The van der Waals surface area contributed by atoms with Crippen LogP contribution >= 0.6 is 0 Å². The number of anilines is 1. The molecule has 1 saturated heterocycles. The number of allylic oxidation sites excluding steroid dienone is 2. The van der Waals surface area contributed by atoms with E-state index < -0.39 is 0 Å². The molecule has 2 aromatic carbocycles. The van der Waals surface area contributed by atoms with Crippen LogP contribution in [-0.2, 0) is 14.4 Å². The van der Waals surface area contributed by atoms with Gasteiger partial charge >= 0.3 is 0 Å². The molecule has 2 aliphatic rings. The number of furan rings is 1. The monoisotopic (exact) mass is 388 g/mol. The third-order valence-electron chi connectivity index (χ3n) is 5.82. The van der Waals surface area contributed by atoms with E-state index in [0.717, 1.165) is 21.9 Å². The number of hydrogen-bond donors (Lipinski definition) is 1. The average Bonchev–Trinajstić information content (AvgIpc) is 3.22. The number of rotatable bonds is 4. The van der Waals surface area contributed by atoms with Crippen LogP contribution in [0.5, 0.6) is 0 Å². The fourth-order valence-electron chi connectivity index (χ4n) is 4.33. The quantitative estimate of drug-likeness (QED) is 0.544. The highest BCUT2D eigenvalue weighted by molar-refractivity contribution is 6.07. The molecule has 3 amide bonds. The molecule has 0 radical (unpaired) electrons. The summed E-state index contributed by atoms with van der Waals surface area (Å²) in [6.07, 6.45) is 5.21. The fraction of sp³-hybridized carbons (Fsp3) is 0.261. The lowest BCUT2D eigenvalue weighted by Gasteiger charge is -2.14. The highest BCUT2D eigenvalue weighted by Gasteiger charge is 2.46. The van der Waals surface area contributed by atoms with E-state index in [2.05, 4.69) is 5.32 Å². The molecule has 2 heterocycles. The van der Waals surface area contributed by atoms with Crippen LogP contribution in [0.15, 0.2) is 59.0 Å². The summed E-state index contributed by atoms with van der Waals surface area (Å²) in [6, 6.07) is 13.2. The van der Waals surface area contributed by atoms with Crippen LogP contribution < -0.4 is 5.32 Å². The van der Waals surface area contributed by atoms with Crippen LogP contribution in [-0.4, -0.2) is 29.2 Å². The van der Waals surface area contributed by atoms with E-state index in [4.69, 9.17) is 4.42 Å². The molecular weight excluding hydrogens is 368 g/mol. The summed E-state index contributed by atoms with van der Waals surface area (Å²) >= 11 is 0. The van der Waals surface area contributed by atoms with Gasteiger partial charge in [0.25, 0.3) is 0 Å². The number of nitrogens with zero attached hydrogens (tertiary/aromatic N) is 1. The Bertz CT molecular complexity index is 1150. The molecule has 146 valence electrons. The van der Waals surface area contributed by atoms with Crippen molar-refractivity contribution < 1.29 is 18.8 Å². The molecule has 3 aromatic rings. The first-order valence-electron chi connectivity index (χ1n) is 9.83. The van der Waals surface area contributed by atoms with E-state index >= 15 is 0 Å². The molecule has 0 saturated carbocycles. The number of hydrogen-bond acceptors (Lipinski definition) is 4. The van der Waals surface area contributed by atoms with Crippen molar-refractivity contribution in [3.63, 3.8) is 0 Å². The van der Waals surface area contributed by atoms with E-state index in [0.29, 0.717) is 18.5 Å². The fourth-order valence-corrected chi connectivity index (χ4v) is 4.33. The molecule has 5 rings (SSSR count). The van der Waals surface area contributed by atoms with Gasteiger partial charge in [-0.05, 0) is 37.1 Å². The van der Waals surface area contributed by atoms with Gasteiger partial charge in [-0.3, -0.25) is 19.3 Å². The Hall–Kier alpha value is -3.41. The van der Waals surface area contributed by atoms with E-state index in [-0.39, 0.29) is 42.5 Å². The highest BCUT2D eigenvalue weighted by Crippen LogP contribution is 2.35. The van der Waals surface area contributed by atoms with Crippen LogP contribution in [0, 0.1) is 11.8 Å². The zero-order valence-electron chi connectivity index (χ0n) is 15.8. The van der Waals surface area contributed by atoms with Crippen LogP contribution in [0.4, 0.5) is 5.69 Å². The van der Waals surface area contributed by atoms with Gasteiger partial charge in [0.05, 0.1) is 11.8 Å². The molecule has 6 nitrogen and oxygen atoms in total. The molecule has 2 unspecified atom stereocenters. The summed E-state index contributed by atoms with van der Waals surface area (Å²) < 4.78 is 5.80. The normalized spacial score (nSPS) is 21.2. The Kier molecular flexibility index (Phi) is 4.19. The molecule has 0 bridgehead atoms. The molecule has 1 aromatic heterocycles. The van der Waals surface area contributed by atoms with Gasteiger partial charge < -0.3 is 9.73 Å². The molecule has 29 heavy (non-hydrogen) atoms. The van der Waals surface area contributed by atoms with Crippen molar-refractivity contribution in [2.75, 3.05) is 11.9 Å². The first kappa shape index (κ1) is 17.7. The number of carbonyl (C=O) groups excluding carboxylic acids is 3. The van der Waals surface area contributed by atoms with Crippen molar-refractivity contribution in [3.05, 3.63) is 54.6 Å². The van der Waals surface area contributed by atoms with Crippen molar-refractivity contribution >= 4 is 45.3 Å². The molecule has 1 aliphatic heterocycles. The number of benzene rings is 2. The van der Waals surface area contributed by atoms with Crippen molar-refractivity contribution in [2.45, 2.75) is 19.3 Å². The summed E-state index contributed by atoms with van der Waals surface area (Å²) in [4.78, 5) is 38.7. The lowest BCUT2D eigenvalue weighted by atomic mass is 9.85. The van der Waals surface area contributed by atoms with Crippen LogP contribution in [0.1, 0.15) is 19.3 Å². The van der Waals surface area contributed by atoms with Crippen molar-refractivity contribution in [1.82, 2.24) is 4.90 Å². The van der Waals surface area contributed by atoms with Gasteiger partial charge in [-0.1, -0.05) is 30.4 Å². The predicted octanol–water partition coefficient (Wildman–Crippen LogP) is 3.87. The minimum Gasteiger partial charge on any atom is -0.456 e. The number of fused-ring (bicyclic) bond motifs is 4. The van der Waals surface area contributed by atoms with Crippen LogP contribution in [0.25, 0.3) is 21.9 Å². The van der Waals surface area contributed by atoms with Crippen molar-refractivity contribution in [3.8, 4) is 0 Å². The number of nitrogens with one attached hydrogen (secondary N) is 1. The maximum atomic E-state index is 12.5. The highest BCUT2D eigenvalue weighted by atomic mass is 16.3. The predicted molar refractivity (Wildman–Crippen MR) is 109 cm³/mol. The third-order valence-corrected chi connectivity index (χ3v) is 5.82. The second kappa shape index (κ2) is 6.88. The smallest absolute Gasteiger partial charge is 0.233 e. The SMILES string of the molecule is O=C(CCN1C(=O)C2CC=CCC2C1=O)Nc1ccc2oc3ccccc3c2c1. The van der Waals surface area contributed by atoms with Gasteiger partial charge in [0.2, 0.25) is 17.7 Å². The van der Waals surface area contributed by atoms with E-state index in [1.54, 1.807) is 6.07 Å². The Morgan fingerprint density at radius 3 is 2.41 bits per heavy atom. The van der Waals surface area contributed by atoms with Crippen LogP contribution in [0.2, 0.25) is 0 Å². The lowest BCUT2D eigenvalue weighted by Crippen LogP contribution is -2.34. The summed E-state index contributed by atoms with van der Waals surface area (Å²) in [5.41, 5.74) is 2.22. The van der Waals surface area contributed by atoms with Gasteiger partial charge in [0.15, 0.2) is 0 Å². The number of imide groups is 1. The number of para-hydroxylation sites is 1. The zero-order chi connectivity index (χ0) is 20.0. The first-order chi connectivity index (χ1) is 14.1. The maximum absolute atomic E-state index is 12.5. The van der Waals surface area contributed by atoms with Gasteiger partial charge in [-0.2, -0.15) is 0 Å².